The number of aromatic nitrogens is 4. The number of nitrogen functional groups attached to an aromatic ring is 1. The predicted octanol–water partition coefficient (Wildman–Crippen LogP) is 2.12. The molecule has 4 heterocycles. The maximum Gasteiger partial charge on any atom is 0.227 e. The zero-order valence-electron chi connectivity index (χ0n) is 16.0. The highest BCUT2D eigenvalue weighted by Gasteiger charge is 2.28. The number of hydrogen-bond donors (Lipinski definition) is 1. The summed E-state index contributed by atoms with van der Waals surface area (Å²) in [5, 5.41) is 0. The van der Waals surface area contributed by atoms with Crippen molar-refractivity contribution in [2.24, 2.45) is 0 Å². The second kappa shape index (κ2) is 7.64. The summed E-state index contributed by atoms with van der Waals surface area (Å²) in [4.78, 5) is 22.6. The Balaban J connectivity index is 1.74. The summed E-state index contributed by atoms with van der Waals surface area (Å²) in [6, 6.07) is 2.30. The molecular weight excluding hydrogens is 342 g/mol. The topological polar surface area (TPSA) is 93.3 Å². The summed E-state index contributed by atoms with van der Waals surface area (Å²) in [7, 11) is 0. The first-order valence-corrected chi connectivity index (χ1v) is 9.74. The average Bonchev–Trinajstić information content (AvgIpc) is 3.23. The summed E-state index contributed by atoms with van der Waals surface area (Å²) in [6.45, 7) is 7.88. The predicted molar refractivity (Wildman–Crippen MR) is 106 cm³/mol. The standard InChI is InChI=1S/C19H27N7O/c1-3-15-11-26(13(2)12-27-15)17-8-16(14-9-21-18(20)22-10-14)23-19(24-17)25-6-4-5-7-25/h8-10,13,15H,3-7,11-12H2,1-2H3,(H2,20,21,22)/t13-,15-/m0/s1. The van der Waals surface area contributed by atoms with E-state index in [9.17, 15) is 0 Å². The van der Waals surface area contributed by atoms with Gasteiger partial charge in [0, 0.05) is 43.7 Å². The first kappa shape index (κ1) is 17.9. The van der Waals surface area contributed by atoms with Crippen LogP contribution < -0.4 is 15.5 Å². The van der Waals surface area contributed by atoms with E-state index >= 15 is 0 Å². The van der Waals surface area contributed by atoms with E-state index in [0.29, 0.717) is 6.61 Å². The summed E-state index contributed by atoms with van der Waals surface area (Å²) >= 11 is 0. The van der Waals surface area contributed by atoms with Gasteiger partial charge in [0.1, 0.15) is 5.82 Å². The van der Waals surface area contributed by atoms with Crippen molar-refractivity contribution >= 4 is 17.7 Å². The molecule has 4 rings (SSSR count). The molecule has 27 heavy (non-hydrogen) atoms. The van der Waals surface area contributed by atoms with Crippen LogP contribution in [0.5, 0.6) is 0 Å². The van der Waals surface area contributed by atoms with E-state index in [1.807, 2.05) is 6.07 Å². The fraction of sp³-hybridized carbons (Fsp3) is 0.579. The minimum Gasteiger partial charge on any atom is -0.374 e. The van der Waals surface area contributed by atoms with Gasteiger partial charge >= 0.3 is 0 Å². The third-order valence-corrected chi connectivity index (χ3v) is 5.31. The second-order valence-electron chi connectivity index (χ2n) is 7.30. The number of anilines is 3. The quantitative estimate of drug-likeness (QED) is 0.876. The van der Waals surface area contributed by atoms with Crippen molar-refractivity contribution < 1.29 is 4.74 Å². The molecule has 2 N–H and O–H groups in total. The molecule has 2 aromatic rings. The number of morpholine rings is 1. The monoisotopic (exact) mass is 369 g/mol. The first-order chi connectivity index (χ1) is 13.1. The van der Waals surface area contributed by atoms with E-state index in [1.165, 1.54) is 12.8 Å². The molecule has 0 aliphatic carbocycles. The molecule has 2 aliphatic heterocycles. The molecule has 0 unspecified atom stereocenters. The molecule has 2 aromatic heterocycles. The van der Waals surface area contributed by atoms with Crippen LogP contribution in [0.2, 0.25) is 0 Å². The molecule has 0 radical (unpaired) electrons. The van der Waals surface area contributed by atoms with E-state index < -0.39 is 0 Å². The molecule has 0 amide bonds. The Labute approximate surface area is 159 Å². The highest BCUT2D eigenvalue weighted by molar-refractivity contribution is 5.64. The van der Waals surface area contributed by atoms with Crippen molar-refractivity contribution in [3.63, 3.8) is 0 Å². The lowest BCUT2D eigenvalue weighted by Gasteiger charge is -2.39. The molecule has 0 saturated carbocycles. The Bertz CT molecular complexity index is 776. The molecule has 0 aromatic carbocycles. The van der Waals surface area contributed by atoms with Crippen molar-refractivity contribution in [3.05, 3.63) is 18.5 Å². The van der Waals surface area contributed by atoms with E-state index in [2.05, 4.69) is 33.6 Å². The summed E-state index contributed by atoms with van der Waals surface area (Å²) in [5.74, 6) is 1.98. The van der Waals surface area contributed by atoms with Gasteiger partial charge in [0.05, 0.1) is 24.4 Å². The van der Waals surface area contributed by atoms with Gasteiger partial charge in [-0.1, -0.05) is 6.92 Å². The van der Waals surface area contributed by atoms with Gasteiger partial charge in [0.25, 0.3) is 0 Å². The number of nitrogens with two attached hydrogens (primary N) is 1. The van der Waals surface area contributed by atoms with Crippen molar-refractivity contribution in [1.82, 2.24) is 19.9 Å². The van der Waals surface area contributed by atoms with Crippen LogP contribution in [0.1, 0.15) is 33.1 Å². The van der Waals surface area contributed by atoms with Gasteiger partial charge in [-0.05, 0) is 26.2 Å². The normalized spacial score (nSPS) is 23.0. The molecule has 2 aliphatic rings. The molecule has 144 valence electrons. The fourth-order valence-corrected chi connectivity index (χ4v) is 3.63. The first-order valence-electron chi connectivity index (χ1n) is 9.74. The largest absolute Gasteiger partial charge is 0.374 e. The van der Waals surface area contributed by atoms with Crippen LogP contribution in [0.4, 0.5) is 17.7 Å². The Morgan fingerprint density at radius 1 is 1.19 bits per heavy atom. The van der Waals surface area contributed by atoms with Crippen molar-refractivity contribution in [2.45, 2.75) is 45.3 Å². The van der Waals surface area contributed by atoms with Crippen molar-refractivity contribution in [3.8, 4) is 11.3 Å². The van der Waals surface area contributed by atoms with Crippen LogP contribution in [-0.2, 0) is 4.74 Å². The van der Waals surface area contributed by atoms with Crippen molar-refractivity contribution in [2.75, 3.05) is 41.8 Å². The smallest absolute Gasteiger partial charge is 0.227 e. The minimum absolute atomic E-state index is 0.231. The molecule has 8 nitrogen and oxygen atoms in total. The number of rotatable bonds is 4. The van der Waals surface area contributed by atoms with Gasteiger partial charge in [-0.3, -0.25) is 0 Å². The van der Waals surface area contributed by atoms with Gasteiger partial charge in [-0.25, -0.2) is 15.0 Å². The van der Waals surface area contributed by atoms with Crippen LogP contribution in [-0.4, -0.2) is 58.3 Å². The lowest BCUT2D eigenvalue weighted by Crippen LogP contribution is -2.48. The van der Waals surface area contributed by atoms with E-state index in [0.717, 1.165) is 49.1 Å². The Kier molecular flexibility index (Phi) is 5.07. The number of nitrogens with zero attached hydrogens (tertiary/aromatic N) is 6. The molecular formula is C19H27N7O. The SMILES string of the molecule is CC[C@H]1CN(c2cc(-c3cnc(N)nc3)nc(N3CCCC3)n2)[C@@H](C)CO1. The summed E-state index contributed by atoms with van der Waals surface area (Å²) < 4.78 is 5.92. The molecule has 2 atom stereocenters. The molecule has 8 heteroatoms. The van der Waals surface area contributed by atoms with Crippen LogP contribution >= 0.6 is 0 Å². The van der Waals surface area contributed by atoms with Gasteiger partial charge in [-0.2, -0.15) is 4.98 Å². The Morgan fingerprint density at radius 3 is 2.63 bits per heavy atom. The van der Waals surface area contributed by atoms with Crippen LogP contribution in [0.15, 0.2) is 18.5 Å². The highest BCUT2D eigenvalue weighted by Crippen LogP contribution is 2.29. The summed E-state index contributed by atoms with van der Waals surface area (Å²) in [6.07, 6.45) is 7.03. The molecule has 0 bridgehead atoms. The van der Waals surface area contributed by atoms with Gasteiger partial charge in [0.2, 0.25) is 11.9 Å². The van der Waals surface area contributed by atoms with Crippen LogP contribution in [0.3, 0.4) is 0 Å². The minimum atomic E-state index is 0.231. The van der Waals surface area contributed by atoms with Crippen LogP contribution in [0.25, 0.3) is 11.3 Å². The number of ether oxygens (including phenoxy) is 1. The molecule has 0 spiro atoms. The third-order valence-electron chi connectivity index (χ3n) is 5.31. The molecule has 2 fully saturated rings. The zero-order valence-corrected chi connectivity index (χ0v) is 16.0. The van der Waals surface area contributed by atoms with E-state index in [-0.39, 0.29) is 18.1 Å². The van der Waals surface area contributed by atoms with E-state index in [1.54, 1.807) is 12.4 Å². The van der Waals surface area contributed by atoms with Gasteiger partial charge < -0.3 is 20.3 Å². The maximum atomic E-state index is 5.92. The second-order valence-corrected chi connectivity index (χ2v) is 7.30. The Morgan fingerprint density at radius 2 is 1.93 bits per heavy atom. The maximum absolute atomic E-state index is 5.92. The van der Waals surface area contributed by atoms with E-state index in [4.69, 9.17) is 20.4 Å². The van der Waals surface area contributed by atoms with Gasteiger partial charge in [0.15, 0.2) is 0 Å². The van der Waals surface area contributed by atoms with Crippen molar-refractivity contribution in [1.29, 1.82) is 0 Å². The lowest BCUT2D eigenvalue weighted by atomic mass is 10.1. The molecule has 2 saturated heterocycles. The zero-order chi connectivity index (χ0) is 18.8. The third kappa shape index (κ3) is 3.80. The Hall–Kier alpha value is -2.48. The van der Waals surface area contributed by atoms with Gasteiger partial charge in [-0.15, -0.1) is 0 Å². The average molecular weight is 369 g/mol. The summed E-state index contributed by atoms with van der Waals surface area (Å²) in [5.41, 5.74) is 7.32. The lowest BCUT2D eigenvalue weighted by molar-refractivity contribution is 0.0204. The highest BCUT2D eigenvalue weighted by atomic mass is 16.5. The number of hydrogen-bond acceptors (Lipinski definition) is 8. The van der Waals surface area contributed by atoms with Crippen LogP contribution in [0, 0.1) is 0 Å². The fourth-order valence-electron chi connectivity index (χ4n) is 3.63.